The molecule has 8 heteroatoms. The summed E-state index contributed by atoms with van der Waals surface area (Å²) in [5.41, 5.74) is 7.36. The highest BCUT2D eigenvalue weighted by Gasteiger charge is 2.41. The number of halogens is 4. The van der Waals surface area contributed by atoms with Crippen LogP contribution in [0, 0.1) is 0 Å². The first-order valence-corrected chi connectivity index (χ1v) is 5.78. The Hall–Kier alpha value is -1.44. The van der Waals surface area contributed by atoms with E-state index in [1.54, 1.807) is 0 Å². The molecule has 1 aliphatic rings. The van der Waals surface area contributed by atoms with E-state index in [2.05, 4.69) is 14.7 Å². The zero-order valence-corrected chi connectivity index (χ0v) is 10.0. The molecule has 0 saturated heterocycles. The Balaban J connectivity index is 1.96. The molecule has 0 amide bonds. The van der Waals surface area contributed by atoms with Gasteiger partial charge in [-0.15, -0.1) is 0 Å². The number of hydrogen-bond acceptors (Lipinski definition) is 4. The zero-order chi connectivity index (χ0) is 14.0. The van der Waals surface area contributed by atoms with Crippen LogP contribution in [0.4, 0.5) is 23.4 Å². The number of fused-ring (bicyclic) bond motifs is 1. The number of nitrogens with zero attached hydrogens (tertiary/aromatic N) is 2. The smallest absolute Gasteiger partial charge is 0.330 e. The molecule has 4 nitrogen and oxygen atoms in total. The van der Waals surface area contributed by atoms with Gasteiger partial charge in [0, 0.05) is 11.3 Å². The summed E-state index contributed by atoms with van der Waals surface area (Å²) in [6, 6.07) is 0. The Kier molecular flexibility index (Phi) is 3.88. The Morgan fingerprint density at radius 2 is 2.00 bits per heavy atom. The Morgan fingerprint density at radius 3 is 2.68 bits per heavy atom. The van der Waals surface area contributed by atoms with Crippen LogP contribution in [0.3, 0.4) is 0 Å². The summed E-state index contributed by atoms with van der Waals surface area (Å²) < 4.78 is 53.6. The summed E-state index contributed by atoms with van der Waals surface area (Å²) in [4.78, 5) is 8.05. The number of hydrogen-bond donors (Lipinski definition) is 1. The van der Waals surface area contributed by atoms with Crippen LogP contribution in [0.5, 0.6) is 0 Å². The first-order valence-electron chi connectivity index (χ1n) is 5.78. The highest BCUT2D eigenvalue weighted by Crippen LogP contribution is 2.25. The first-order chi connectivity index (χ1) is 8.90. The maximum atomic E-state index is 12.6. The molecule has 2 N–H and O–H groups in total. The van der Waals surface area contributed by atoms with E-state index in [1.165, 1.54) is 0 Å². The van der Waals surface area contributed by atoms with Crippen LogP contribution in [0.1, 0.15) is 23.5 Å². The molecule has 106 valence electrons. The third kappa shape index (κ3) is 3.12. The topological polar surface area (TPSA) is 61.0 Å². The number of nitrogen functional groups attached to an aromatic ring is 1. The monoisotopic (exact) mass is 279 g/mol. The fourth-order valence-corrected chi connectivity index (χ4v) is 1.92. The summed E-state index contributed by atoms with van der Waals surface area (Å²) in [6.07, 6.45) is -1.28. The van der Waals surface area contributed by atoms with Gasteiger partial charge in [0.05, 0.1) is 0 Å². The van der Waals surface area contributed by atoms with Gasteiger partial charge >= 0.3 is 12.3 Å². The number of alkyl halides is 4. The second-order valence-corrected chi connectivity index (χ2v) is 4.36. The summed E-state index contributed by atoms with van der Waals surface area (Å²) >= 11 is 0. The van der Waals surface area contributed by atoms with Crippen LogP contribution < -0.4 is 5.73 Å². The molecule has 0 unspecified atom stereocenters. The lowest BCUT2D eigenvalue weighted by Crippen LogP contribution is -2.32. The third-order valence-electron chi connectivity index (χ3n) is 2.86. The van der Waals surface area contributed by atoms with E-state index in [0.717, 1.165) is 30.5 Å². The van der Waals surface area contributed by atoms with Crippen molar-refractivity contribution in [3.63, 3.8) is 0 Å². The predicted molar refractivity (Wildman–Crippen MR) is 59.1 cm³/mol. The molecule has 19 heavy (non-hydrogen) atoms. The standard InChI is InChI=1S/C11H13F4N3O/c12-10(13)11(14,15)5-19-4-8-17-7-3-1-2-6(7)9(16)18-8/h10H,1-5H2,(H2,16,17,18). The molecule has 1 aromatic rings. The van der Waals surface area contributed by atoms with E-state index >= 15 is 0 Å². The van der Waals surface area contributed by atoms with E-state index in [1.807, 2.05) is 0 Å². The van der Waals surface area contributed by atoms with Gasteiger partial charge in [0.25, 0.3) is 0 Å². The average Bonchev–Trinajstić information content (AvgIpc) is 2.77. The summed E-state index contributed by atoms with van der Waals surface area (Å²) in [5.74, 6) is -3.72. The second-order valence-electron chi connectivity index (χ2n) is 4.36. The SMILES string of the molecule is Nc1nc(COCC(F)(F)C(F)F)nc2c1CCC2. The molecule has 1 heterocycles. The van der Waals surface area contributed by atoms with Crippen molar-refractivity contribution in [2.75, 3.05) is 12.3 Å². The number of nitrogens with two attached hydrogens (primary N) is 1. The van der Waals surface area contributed by atoms with Crippen molar-refractivity contribution in [3.05, 3.63) is 17.1 Å². The van der Waals surface area contributed by atoms with E-state index in [9.17, 15) is 17.6 Å². The molecule has 0 bridgehead atoms. The minimum absolute atomic E-state index is 0.142. The van der Waals surface area contributed by atoms with Crippen molar-refractivity contribution in [2.45, 2.75) is 38.2 Å². The van der Waals surface area contributed by atoms with Gasteiger partial charge in [-0.2, -0.15) is 8.78 Å². The van der Waals surface area contributed by atoms with Crippen molar-refractivity contribution in [1.82, 2.24) is 9.97 Å². The van der Waals surface area contributed by atoms with Crippen molar-refractivity contribution in [2.24, 2.45) is 0 Å². The first kappa shape index (κ1) is 14.0. The van der Waals surface area contributed by atoms with Crippen molar-refractivity contribution in [3.8, 4) is 0 Å². The van der Waals surface area contributed by atoms with Crippen LogP contribution in [-0.2, 0) is 24.2 Å². The fraction of sp³-hybridized carbons (Fsp3) is 0.636. The number of aromatic nitrogens is 2. The minimum Gasteiger partial charge on any atom is -0.383 e. The highest BCUT2D eigenvalue weighted by molar-refractivity contribution is 5.44. The predicted octanol–water partition coefficient (Wildman–Crippen LogP) is 1.96. The molecule has 1 aliphatic carbocycles. The van der Waals surface area contributed by atoms with Gasteiger partial charge in [-0.3, -0.25) is 0 Å². The lowest BCUT2D eigenvalue weighted by molar-refractivity contribution is -0.168. The fourth-order valence-electron chi connectivity index (χ4n) is 1.92. The summed E-state index contributed by atoms with van der Waals surface area (Å²) in [6.45, 7) is -1.73. The quantitative estimate of drug-likeness (QED) is 0.837. The number of anilines is 1. The van der Waals surface area contributed by atoms with Crippen LogP contribution in [0.15, 0.2) is 0 Å². The van der Waals surface area contributed by atoms with Crippen molar-refractivity contribution in [1.29, 1.82) is 0 Å². The lowest BCUT2D eigenvalue weighted by atomic mass is 10.2. The molecular formula is C11H13F4N3O. The minimum atomic E-state index is -4.16. The lowest BCUT2D eigenvalue weighted by Gasteiger charge is -2.15. The van der Waals surface area contributed by atoms with Crippen LogP contribution in [0.25, 0.3) is 0 Å². The van der Waals surface area contributed by atoms with E-state index in [0.29, 0.717) is 5.82 Å². The van der Waals surface area contributed by atoms with E-state index < -0.39 is 19.0 Å². The van der Waals surface area contributed by atoms with Gasteiger partial charge in [-0.1, -0.05) is 0 Å². The van der Waals surface area contributed by atoms with Crippen LogP contribution >= 0.6 is 0 Å². The second kappa shape index (κ2) is 5.28. The van der Waals surface area contributed by atoms with Crippen molar-refractivity contribution >= 4 is 5.82 Å². The molecule has 0 atom stereocenters. The molecule has 0 fully saturated rings. The van der Waals surface area contributed by atoms with Gasteiger partial charge in [0.2, 0.25) is 0 Å². The molecule has 0 spiro atoms. The molecule has 2 rings (SSSR count). The number of aryl methyl sites for hydroxylation is 1. The average molecular weight is 279 g/mol. The third-order valence-corrected chi connectivity index (χ3v) is 2.86. The molecule has 0 aromatic carbocycles. The van der Waals surface area contributed by atoms with Gasteiger partial charge in [-0.05, 0) is 19.3 Å². The van der Waals surface area contributed by atoms with E-state index in [-0.39, 0.29) is 12.4 Å². The van der Waals surface area contributed by atoms with E-state index in [4.69, 9.17) is 5.73 Å². The van der Waals surface area contributed by atoms with Gasteiger partial charge in [-0.25, -0.2) is 18.7 Å². The van der Waals surface area contributed by atoms with Gasteiger partial charge < -0.3 is 10.5 Å². The zero-order valence-electron chi connectivity index (χ0n) is 10.0. The molecule has 0 aliphatic heterocycles. The molecular weight excluding hydrogens is 266 g/mol. The largest absolute Gasteiger partial charge is 0.383 e. The van der Waals surface area contributed by atoms with Gasteiger partial charge in [0.1, 0.15) is 19.0 Å². The molecule has 0 radical (unpaired) electrons. The normalized spacial score (nSPS) is 15.0. The number of rotatable bonds is 5. The Morgan fingerprint density at radius 1 is 1.26 bits per heavy atom. The highest BCUT2D eigenvalue weighted by atomic mass is 19.3. The maximum absolute atomic E-state index is 12.6. The van der Waals surface area contributed by atoms with Crippen LogP contribution in [-0.4, -0.2) is 28.9 Å². The molecule has 0 saturated carbocycles. The number of ether oxygens (including phenoxy) is 1. The summed E-state index contributed by atoms with van der Waals surface area (Å²) in [5, 5.41) is 0. The molecule has 1 aromatic heterocycles. The van der Waals surface area contributed by atoms with Gasteiger partial charge in [0.15, 0.2) is 5.82 Å². The van der Waals surface area contributed by atoms with Crippen molar-refractivity contribution < 1.29 is 22.3 Å². The Bertz CT molecular complexity index is 467. The van der Waals surface area contributed by atoms with Crippen LogP contribution in [0.2, 0.25) is 0 Å². The Labute approximate surface area is 107 Å². The maximum Gasteiger partial charge on any atom is 0.330 e. The summed E-state index contributed by atoms with van der Waals surface area (Å²) in [7, 11) is 0.